The van der Waals surface area contributed by atoms with E-state index in [1.54, 1.807) is 18.2 Å². The number of carbonyl (C=O) groups excluding carboxylic acids is 3. The number of aryl methyl sites for hydroxylation is 1. The molecule has 0 bridgehead atoms. The van der Waals surface area contributed by atoms with Crippen molar-refractivity contribution in [1.82, 2.24) is 0 Å². The molecule has 0 spiro atoms. The highest BCUT2D eigenvalue weighted by Gasteiger charge is 2.15. The topological polar surface area (TPSA) is 76.3 Å². The number of anilines is 1. The van der Waals surface area contributed by atoms with Crippen LogP contribution in [0.15, 0.2) is 66.9 Å². The van der Waals surface area contributed by atoms with E-state index in [4.69, 9.17) is 4.74 Å². The van der Waals surface area contributed by atoms with Gasteiger partial charge in [-0.3, -0.25) is 9.59 Å². The van der Waals surface area contributed by atoms with Gasteiger partial charge >= 0.3 is 5.97 Å². The van der Waals surface area contributed by atoms with Crippen molar-refractivity contribution in [1.29, 1.82) is 0 Å². The predicted molar refractivity (Wildman–Crippen MR) is 123 cm³/mol. The molecule has 33 heavy (non-hydrogen) atoms. The number of rotatable bonds is 7. The van der Waals surface area contributed by atoms with Crippen LogP contribution in [0.4, 0.5) is 5.69 Å². The smallest absolute Gasteiger partial charge is 0.339 e. The summed E-state index contributed by atoms with van der Waals surface area (Å²) >= 11 is 0. The van der Waals surface area contributed by atoms with E-state index in [0.29, 0.717) is 11.3 Å². The zero-order chi connectivity index (χ0) is 23.1. The number of pyridine rings is 1. The second-order valence-electron chi connectivity index (χ2n) is 7.33. The van der Waals surface area contributed by atoms with E-state index < -0.39 is 5.97 Å². The van der Waals surface area contributed by atoms with Crippen molar-refractivity contribution in [3.63, 3.8) is 0 Å². The van der Waals surface area contributed by atoms with Crippen LogP contribution in [0.1, 0.15) is 44.5 Å². The average molecular weight is 509 g/mol. The standard InChI is InChI=1S/C26H24N2O4.BrH/c1-18-9-10-21(16-28(18)17-25(30)22-7-5-4-6-8-22)12-11-20-13-14-24(27-19(2)29)23(15-20)26(31)32-3;/h4-16H,17H2,1-3H3;1H/b12-11+;. The fourth-order valence-electron chi connectivity index (χ4n) is 3.21. The maximum atomic E-state index is 12.6. The Kier molecular flexibility index (Phi) is 9.24. The summed E-state index contributed by atoms with van der Waals surface area (Å²) in [6.07, 6.45) is 5.68. The number of ether oxygens (including phenoxy) is 1. The van der Waals surface area contributed by atoms with E-state index in [0.717, 1.165) is 16.8 Å². The Labute approximate surface area is 203 Å². The van der Waals surface area contributed by atoms with Gasteiger partial charge in [-0.1, -0.05) is 42.5 Å². The minimum Gasteiger partial charge on any atom is -1.00 e. The SMILES string of the molecule is COC(=O)c1cc(/C=C/c2ccc(C)[n+](CC(=O)c3ccccc3)c2)ccc1NC(C)=O.[Br-]. The van der Waals surface area contributed by atoms with Gasteiger partial charge in [-0.25, -0.2) is 4.79 Å². The number of benzene rings is 2. The molecule has 0 saturated carbocycles. The summed E-state index contributed by atoms with van der Waals surface area (Å²) in [7, 11) is 1.30. The number of aromatic nitrogens is 1. The number of esters is 1. The Bertz CT molecular complexity index is 1190. The first-order valence-electron chi connectivity index (χ1n) is 10.1. The zero-order valence-electron chi connectivity index (χ0n) is 18.7. The van der Waals surface area contributed by atoms with Gasteiger partial charge in [-0.2, -0.15) is 4.57 Å². The van der Waals surface area contributed by atoms with Gasteiger partial charge in [0.25, 0.3) is 0 Å². The second kappa shape index (κ2) is 11.9. The highest BCUT2D eigenvalue weighted by molar-refractivity contribution is 6.01. The molecule has 1 amide bonds. The van der Waals surface area contributed by atoms with Gasteiger partial charge in [0.1, 0.15) is 0 Å². The first-order chi connectivity index (χ1) is 15.4. The van der Waals surface area contributed by atoms with Crippen molar-refractivity contribution >= 4 is 35.5 Å². The summed E-state index contributed by atoms with van der Waals surface area (Å²) in [4.78, 5) is 36.1. The molecule has 0 aliphatic heterocycles. The van der Waals surface area contributed by atoms with Crippen LogP contribution >= 0.6 is 0 Å². The summed E-state index contributed by atoms with van der Waals surface area (Å²) in [5.74, 6) is -0.764. The van der Waals surface area contributed by atoms with Gasteiger partial charge in [0, 0.05) is 31.0 Å². The van der Waals surface area contributed by atoms with Crippen molar-refractivity contribution in [2.24, 2.45) is 0 Å². The third-order valence-corrected chi connectivity index (χ3v) is 4.91. The Morgan fingerprint density at radius 1 is 0.970 bits per heavy atom. The van der Waals surface area contributed by atoms with E-state index in [9.17, 15) is 14.4 Å². The van der Waals surface area contributed by atoms with Gasteiger partial charge in [0.15, 0.2) is 11.9 Å². The molecule has 0 fully saturated rings. The maximum absolute atomic E-state index is 12.6. The number of carbonyl (C=O) groups is 3. The van der Waals surface area contributed by atoms with Crippen LogP contribution in [-0.2, 0) is 16.1 Å². The van der Waals surface area contributed by atoms with Crippen LogP contribution in [0.3, 0.4) is 0 Å². The molecule has 0 atom stereocenters. The summed E-state index contributed by atoms with van der Waals surface area (Å²) in [6, 6.07) is 18.3. The molecular weight excluding hydrogens is 484 g/mol. The summed E-state index contributed by atoms with van der Waals surface area (Å²) in [5.41, 5.74) is 3.99. The molecule has 0 aliphatic rings. The lowest BCUT2D eigenvalue weighted by Gasteiger charge is -2.09. The van der Waals surface area contributed by atoms with Crippen LogP contribution < -0.4 is 26.9 Å². The maximum Gasteiger partial charge on any atom is 0.339 e. The van der Waals surface area contributed by atoms with Crippen LogP contribution in [0, 0.1) is 6.92 Å². The van der Waals surface area contributed by atoms with Gasteiger partial charge < -0.3 is 27.0 Å². The van der Waals surface area contributed by atoms with Crippen LogP contribution in [0.2, 0.25) is 0 Å². The second-order valence-corrected chi connectivity index (χ2v) is 7.33. The number of Topliss-reactive ketones (excluding diaryl/α,β-unsaturated/α-hetero) is 1. The minimum absolute atomic E-state index is 0. The normalized spacial score (nSPS) is 10.4. The quantitative estimate of drug-likeness (QED) is 0.294. The lowest BCUT2D eigenvalue weighted by Crippen LogP contribution is -3.00. The molecular formula is C26H25BrN2O4. The molecule has 0 radical (unpaired) electrons. The summed E-state index contributed by atoms with van der Waals surface area (Å²) in [5, 5.41) is 2.64. The van der Waals surface area contributed by atoms with Gasteiger partial charge in [-0.15, -0.1) is 0 Å². The number of hydrogen-bond acceptors (Lipinski definition) is 4. The third-order valence-electron chi connectivity index (χ3n) is 4.91. The molecule has 0 aliphatic carbocycles. The minimum atomic E-state index is -0.531. The number of nitrogens with zero attached hydrogens (tertiary/aromatic N) is 1. The fourth-order valence-corrected chi connectivity index (χ4v) is 3.21. The lowest BCUT2D eigenvalue weighted by atomic mass is 10.1. The molecule has 1 aromatic heterocycles. The van der Waals surface area contributed by atoms with Crippen molar-refractivity contribution in [2.75, 3.05) is 12.4 Å². The number of hydrogen-bond donors (Lipinski definition) is 1. The zero-order valence-corrected chi connectivity index (χ0v) is 20.3. The van der Waals surface area contributed by atoms with Crippen molar-refractivity contribution in [3.8, 4) is 0 Å². The van der Waals surface area contributed by atoms with Crippen LogP contribution in [-0.4, -0.2) is 24.8 Å². The van der Waals surface area contributed by atoms with Crippen LogP contribution in [0.5, 0.6) is 0 Å². The van der Waals surface area contributed by atoms with Crippen molar-refractivity contribution < 1.29 is 40.7 Å². The highest BCUT2D eigenvalue weighted by atomic mass is 79.9. The number of ketones is 1. The molecule has 1 N–H and O–H groups in total. The first kappa shape index (κ1) is 25.7. The molecule has 6 nitrogen and oxygen atoms in total. The van der Waals surface area contributed by atoms with Gasteiger partial charge in [-0.05, 0) is 29.8 Å². The third kappa shape index (κ3) is 6.95. The molecule has 3 aromatic rings. The van der Waals surface area contributed by atoms with E-state index >= 15 is 0 Å². The van der Waals surface area contributed by atoms with Gasteiger partial charge in [0.2, 0.25) is 18.2 Å². The number of methoxy groups -OCH3 is 1. The largest absolute Gasteiger partial charge is 1.00 e. The molecule has 3 rings (SSSR count). The van der Waals surface area contributed by atoms with Gasteiger partial charge in [0.05, 0.1) is 18.4 Å². The molecule has 170 valence electrons. The first-order valence-corrected chi connectivity index (χ1v) is 10.1. The monoisotopic (exact) mass is 508 g/mol. The number of nitrogens with one attached hydrogen (secondary N) is 1. The summed E-state index contributed by atoms with van der Waals surface area (Å²) in [6.45, 7) is 3.58. The van der Waals surface area contributed by atoms with Crippen molar-refractivity contribution in [3.05, 3.63) is 94.8 Å². The average Bonchev–Trinajstić information content (AvgIpc) is 2.80. The predicted octanol–water partition coefficient (Wildman–Crippen LogP) is 1.08. The van der Waals surface area contributed by atoms with E-state index in [1.807, 2.05) is 72.3 Å². The fraction of sp³-hybridized carbons (Fsp3) is 0.154. The van der Waals surface area contributed by atoms with E-state index in [-0.39, 0.29) is 40.8 Å². The van der Waals surface area contributed by atoms with Crippen molar-refractivity contribution in [2.45, 2.75) is 20.4 Å². The Hall–Kier alpha value is -3.58. The Balaban J connectivity index is 0.00000385. The molecule has 1 heterocycles. The molecule has 2 aromatic carbocycles. The highest BCUT2D eigenvalue weighted by Crippen LogP contribution is 2.20. The Morgan fingerprint density at radius 3 is 2.30 bits per heavy atom. The molecule has 0 saturated heterocycles. The lowest BCUT2D eigenvalue weighted by molar-refractivity contribution is -0.689. The number of halogens is 1. The van der Waals surface area contributed by atoms with Crippen LogP contribution in [0.25, 0.3) is 12.2 Å². The number of amides is 1. The summed E-state index contributed by atoms with van der Waals surface area (Å²) < 4.78 is 6.74. The molecule has 7 heteroatoms. The molecule has 0 unspecified atom stereocenters. The van der Waals surface area contributed by atoms with E-state index in [1.165, 1.54) is 14.0 Å². The Morgan fingerprint density at radius 2 is 1.64 bits per heavy atom. The van der Waals surface area contributed by atoms with E-state index in [2.05, 4.69) is 5.32 Å².